The Labute approximate surface area is 193 Å². The highest BCUT2D eigenvalue weighted by Crippen LogP contribution is 2.29. The largest absolute Gasteiger partial charge is 0.494 e. The van der Waals surface area contributed by atoms with E-state index in [0.717, 1.165) is 21.4 Å². The fraction of sp³-hybridized carbons (Fsp3) is 0.167. The zero-order valence-electron chi connectivity index (χ0n) is 17.8. The Morgan fingerprint density at radius 3 is 2.53 bits per heavy atom. The molecule has 0 unspecified atom stereocenters. The molecule has 32 heavy (non-hydrogen) atoms. The minimum absolute atomic E-state index is 0.196. The second kappa shape index (κ2) is 9.00. The van der Waals surface area contributed by atoms with Crippen LogP contribution < -0.4 is 15.6 Å². The van der Waals surface area contributed by atoms with Crippen LogP contribution in [0.4, 0.5) is 15.8 Å². The van der Waals surface area contributed by atoms with Gasteiger partial charge in [0.05, 0.1) is 30.9 Å². The number of benzene rings is 2. The number of aromatic nitrogens is 3. The number of ether oxygens (including phenoxy) is 1. The minimum atomic E-state index is -0.312. The summed E-state index contributed by atoms with van der Waals surface area (Å²) in [5.74, 6) is 0.329. The summed E-state index contributed by atoms with van der Waals surface area (Å²) in [6.45, 7) is 3.82. The van der Waals surface area contributed by atoms with E-state index in [1.165, 1.54) is 12.1 Å². The number of rotatable bonds is 6. The topological polar surface area (TPSA) is 61.1 Å². The number of pyridine rings is 1. The number of halogens is 2. The van der Waals surface area contributed by atoms with Gasteiger partial charge in [0.2, 0.25) is 0 Å². The maximum absolute atomic E-state index is 13.3. The van der Waals surface area contributed by atoms with Crippen LogP contribution in [-0.2, 0) is 0 Å². The van der Waals surface area contributed by atoms with Crippen LogP contribution in [0.5, 0.6) is 5.75 Å². The Morgan fingerprint density at radius 2 is 1.88 bits per heavy atom. The quantitative estimate of drug-likeness (QED) is 0.377. The van der Waals surface area contributed by atoms with Gasteiger partial charge >= 0.3 is 0 Å². The van der Waals surface area contributed by atoms with Crippen molar-refractivity contribution in [3.05, 3.63) is 99.2 Å². The van der Waals surface area contributed by atoms with Gasteiger partial charge in [0.1, 0.15) is 17.3 Å². The molecule has 0 saturated carbocycles. The van der Waals surface area contributed by atoms with Crippen LogP contribution in [0.2, 0.25) is 0 Å². The fourth-order valence-electron chi connectivity index (χ4n) is 3.52. The maximum atomic E-state index is 13.3. The van der Waals surface area contributed by atoms with E-state index in [-0.39, 0.29) is 17.4 Å². The first-order chi connectivity index (χ1) is 15.4. The standard InChI is InChI=1S/C24H22BrFN4O2/c1-15-12-29(14-27-15)22-9-8-20(11-23(22)32-3)28-21-10-18(25)13-30(24(21)31)16(2)17-4-6-19(26)7-5-17/h4-14,16,28H,1-3H3/t16-/m0/s1. The SMILES string of the molecule is COc1cc(Nc2cc(Br)cn([C@@H](C)c3ccc(F)cc3)c2=O)ccc1-n1cnc(C)c1. The second-order valence-electron chi connectivity index (χ2n) is 7.45. The molecule has 0 bridgehead atoms. The van der Waals surface area contributed by atoms with E-state index >= 15 is 0 Å². The second-order valence-corrected chi connectivity index (χ2v) is 8.36. The first kappa shape index (κ1) is 21.8. The van der Waals surface area contributed by atoms with E-state index in [1.54, 1.807) is 42.4 Å². The molecule has 0 aliphatic heterocycles. The van der Waals surface area contributed by atoms with Crippen LogP contribution >= 0.6 is 15.9 Å². The molecule has 164 valence electrons. The van der Waals surface area contributed by atoms with Gasteiger partial charge < -0.3 is 19.2 Å². The molecular formula is C24H22BrFN4O2. The van der Waals surface area contributed by atoms with Crippen LogP contribution in [0.25, 0.3) is 5.69 Å². The summed E-state index contributed by atoms with van der Waals surface area (Å²) in [5, 5.41) is 3.20. The van der Waals surface area contributed by atoms with Crippen molar-refractivity contribution in [3.8, 4) is 11.4 Å². The molecule has 2 heterocycles. The predicted octanol–water partition coefficient (Wildman–Crippen LogP) is 5.61. The Hall–Kier alpha value is -3.39. The number of nitrogens with one attached hydrogen (secondary N) is 1. The van der Waals surface area contributed by atoms with Crippen LogP contribution in [0.3, 0.4) is 0 Å². The first-order valence-corrected chi connectivity index (χ1v) is 10.8. The molecule has 0 saturated heterocycles. The Kier molecular flexibility index (Phi) is 6.14. The predicted molar refractivity (Wildman–Crippen MR) is 127 cm³/mol. The van der Waals surface area contributed by atoms with Crippen molar-refractivity contribution in [3.63, 3.8) is 0 Å². The van der Waals surface area contributed by atoms with Gasteiger partial charge in [-0.3, -0.25) is 4.79 Å². The number of anilines is 2. The normalized spacial score (nSPS) is 11.9. The number of imidazole rings is 1. The molecule has 6 nitrogen and oxygen atoms in total. The molecule has 2 aromatic carbocycles. The van der Waals surface area contributed by atoms with Crippen LogP contribution in [-0.4, -0.2) is 21.2 Å². The van der Waals surface area contributed by atoms with E-state index in [2.05, 4.69) is 26.2 Å². The van der Waals surface area contributed by atoms with E-state index in [1.807, 2.05) is 42.8 Å². The van der Waals surface area contributed by atoms with Gasteiger partial charge in [-0.15, -0.1) is 0 Å². The maximum Gasteiger partial charge on any atom is 0.274 e. The molecule has 1 atom stereocenters. The zero-order valence-corrected chi connectivity index (χ0v) is 19.4. The van der Waals surface area contributed by atoms with Gasteiger partial charge in [-0.2, -0.15) is 0 Å². The molecule has 2 aromatic heterocycles. The lowest BCUT2D eigenvalue weighted by Crippen LogP contribution is -2.25. The highest BCUT2D eigenvalue weighted by Gasteiger charge is 2.15. The highest BCUT2D eigenvalue weighted by molar-refractivity contribution is 9.10. The average Bonchev–Trinajstić information content (AvgIpc) is 3.22. The van der Waals surface area contributed by atoms with Crippen molar-refractivity contribution in [1.29, 1.82) is 0 Å². The van der Waals surface area contributed by atoms with Gasteiger partial charge in [0.25, 0.3) is 5.56 Å². The molecular weight excluding hydrogens is 475 g/mol. The summed E-state index contributed by atoms with van der Waals surface area (Å²) in [4.78, 5) is 17.5. The van der Waals surface area contributed by atoms with E-state index in [0.29, 0.717) is 17.1 Å². The summed E-state index contributed by atoms with van der Waals surface area (Å²) < 4.78 is 23.1. The molecule has 4 rings (SSSR count). The third-order valence-electron chi connectivity index (χ3n) is 5.23. The number of methoxy groups -OCH3 is 1. The molecule has 0 radical (unpaired) electrons. The van der Waals surface area contributed by atoms with Crippen molar-refractivity contribution in [1.82, 2.24) is 14.1 Å². The van der Waals surface area contributed by atoms with Crippen LogP contribution in [0.15, 0.2) is 76.5 Å². The molecule has 4 aromatic rings. The smallest absolute Gasteiger partial charge is 0.274 e. The molecule has 0 fully saturated rings. The average molecular weight is 497 g/mol. The third kappa shape index (κ3) is 4.45. The lowest BCUT2D eigenvalue weighted by Gasteiger charge is -2.18. The number of nitrogens with zero attached hydrogens (tertiary/aromatic N) is 3. The Balaban J connectivity index is 1.67. The number of hydrogen-bond donors (Lipinski definition) is 1. The van der Waals surface area contributed by atoms with Gasteiger partial charge in [-0.05, 0) is 65.7 Å². The monoisotopic (exact) mass is 496 g/mol. The molecule has 8 heteroatoms. The molecule has 0 aliphatic carbocycles. The van der Waals surface area contributed by atoms with Crippen LogP contribution in [0, 0.1) is 12.7 Å². The number of hydrogen-bond acceptors (Lipinski definition) is 4. The summed E-state index contributed by atoms with van der Waals surface area (Å²) in [6.07, 6.45) is 5.37. The van der Waals surface area contributed by atoms with Crippen LogP contribution in [0.1, 0.15) is 24.2 Å². The highest BCUT2D eigenvalue weighted by atomic mass is 79.9. The minimum Gasteiger partial charge on any atom is -0.494 e. The lowest BCUT2D eigenvalue weighted by atomic mass is 10.1. The van der Waals surface area contributed by atoms with Crippen molar-refractivity contribution < 1.29 is 9.13 Å². The molecule has 1 N–H and O–H groups in total. The Bertz CT molecular complexity index is 1310. The fourth-order valence-corrected chi connectivity index (χ4v) is 3.97. The van der Waals surface area contributed by atoms with E-state index in [4.69, 9.17) is 4.74 Å². The van der Waals surface area contributed by atoms with Gasteiger partial charge in [0.15, 0.2) is 0 Å². The Morgan fingerprint density at radius 1 is 1.12 bits per heavy atom. The summed E-state index contributed by atoms with van der Waals surface area (Å²) >= 11 is 3.49. The molecule has 0 amide bonds. The van der Waals surface area contributed by atoms with Gasteiger partial charge in [0, 0.05) is 28.6 Å². The summed E-state index contributed by atoms with van der Waals surface area (Å²) in [5.41, 5.74) is 3.49. The number of aryl methyl sites for hydroxylation is 1. The van der Waals surface area contributed by atoms with Crippen molar-refractivity contribution >= 4 is 27.3 Å². The van der Waals surface area contributed by atoms with Gasteiger partial charge in [-0.25, -0.2) is 9.37 Å². The van der Waals surface area contributed by atoms with Crippen molar-refractivity contribution in [2.75, 3.05) is 12.4 Å². The summed E-state index contributed by atoms with van der Waals surface area (Å²) in [7, 11) is 1.60. The third-order valence-corrected chi connectivity index (χ3v) is 5.66. The summed E-state index contributed by atoms with van der Waals surface area (Å²) in [6, 6.07) is 13.2. The van der Waals surface area contributed by atoms with Crippen molar-refractivity contribution in [2.24, 2.45) is 0 Å². The molecule has 0 aliphatic rings. The lowest BCUT2D eigenvalue weighted by molar-refractivity contribution is 0.413. The van der Waals surface area contributed by atoms with Crippen molar-refractivity contribution in [2.45, 2.75) is 19.9 Å². The zero-order chi connectivity index (χ0) is 22.8. The first-order valence-electron chi connectivity index (χ1n) is 9.99. The van der Waals surface area contributed by atoms with E-state index in [9.17, 15) is 9.18 Å². The van der Waals surface area contributed by atoms with E-state index < -0.39 is 0 Å². The van der Waals surface area contributed by atoms with Gasteiger partial charge in [-0.1, -0.05) is 12.1 Å². The molecule has 0 spiro atoms.